The highest BCUT2D eigenvalue weighted by Gasteiger charge is 2.24. The SMILES string of the molecule is CC[NH+]1CC[NH+](C[C@@H](O)COc2ccc(Cl)cc2Cl)CC1. The third-order valence-corrected chi connectivity index (χ3v) is 4.54. The van der Waals surface area contributed by atoms with E-state index >= 15 is 0 Å². The molecule has 0 radical (unpaired) electrons. The maximum absolute atomic E-state index is 10.1. The molecule has 4 nitrogen and oxygen atoms in total. The van der Waals surface area contributed by atoms with Gasteiger partial charge in [-0.1, -0.05) is 23.2 Å². The highest BCUT2D eigenvalue weighted by atomic mass is 35.5. The fraction of sp³-hybridized carbons (Fsp3) is 0.600. The van der Waals surface area contributed by atoms with Crippen molar-refractivity contribution in [2.24, 2.45) is 0 Å². The lowest BCUT2D eigenvalue weighted by Gasteiger charge is -2.30. The van der Waals surface area contributed by atoms with Crippen LogP contribution in [-0.2, 0) is 0 Å². The summed E-state index contributed by atoms with van der Waals surface area (Å²) in [6.07, 6.45) is -0.477. The topological polar surface area (TPSA) is 38.3 Å². The monoisotopic (exact) mass is 334 g/mol. The molecule has 1 atom stereocenters. The van der Waals surface area contributed by atoms with E-state index in [1.54, 1.807) is 23.1 Å². The number of ether oxygens (including phenoxy) is 1. The average molecular weight is 335 g/mol. The smallest absolute Gasteiger partial charge is 0.138 e. The summed E-state index contributed by atoms with van der Waals surface area (Å²) in [5.41, 5.74) is 0. The maximum Gasteiger partial charge on any atom is 0.138 e. The van der Waals surface area contributed by atoms with E-state index in [-0.39, 0.29) is 6.61 Å². The standard InChI is InChI=1S/C15H22Cl2N2O2/c1-2-18-5-7-19(8-6-18)10-13(20)11-21-15-4-3-12(16)9-14(15)17/h3-4,9,13,20H,2,5-8,10-11H2,1H3/p+2/t13-/m1/s1. The molecule has 0 amide bonds. The minimum atomic E-state index is -0.477. The number of rotatable bonds is 6. The minimum absolute atomic E-state index is 0.259. The summed E-state index contributed by atoms with van der Waals surface area (Å²) in [7, 11) is 0. The van der Waals surface area contributed by atoms with E-state index in [1.807, 2.05) is 0 Å². The Kier molecular flexibility index (Phi) is 6.58. The number of piperazine rings is 1. The Balaban J connectivity index is 1.73. The lowest BCUT2D eigenvalue weighted by molar-refractivity contribution is -1.01. The fourth-order valence-electron chi connectivity index (χ4n) is 2.69. The van der Waals surface area contributed by atoms with Crippen molar-refractivity contribution in [1.82, 2.24) is 0 Å². The molecule has 1 saturated heterocycles. The van der Waals surface area contributed by atoms with Crippen LogP contribution in [0.3, 0.4) is 0 Å². The molecule has 0 bridgehead atoms. The zero-order valence-electron chi connectivity index (χ0n) is 12.4. The summed E-state index contributed by atoms with van der Waals surface area (Å²) in [6, 6.07) is 5.10. The Morgan fingerprint density at radius 3 is 2.48 bits per heavy atom. The van der Waals surface area contributed by atoms with Crippen molar-refractivity contribution in [2.45, 2.75) is 13.0 Å². The van der Waals surface area contributed by atoms with E-state index in [0.717, 1.165) is 19.6 Å². The molecule has 21 heavy (non-hydrogen) atoms. The van der Waals surface area contributed by atoms with Crippen LogP contribution >= 0.6 is 23.2 Å². The Bertz CT molecular complexity index is 451. The number of nitrogens with one attached hydrogen (secondary N) is 2. The molecule has 1 heterocycles. The summed E-state index contributed by atoms with van der Waals surface area (Å²) < 4.78 is 5.58. The van der Waals surface area contributed by atoms with E-state index in [0.29, 0.717) is 15.8 Å². The second-order valence-corrected chi connectivity index (χ2v) is 6.44. The van der Waals surface area contributed by atoms with Gasteiger partial charge in [0.25, 0.3) is 0 Å². The van der Waals surface area contributed by atoms with E-state index < -0.39 is 6.10 Å². The van der Waals surface area contributed by atoms with Crippen molar-refractivity contribution in [2.75, 3.05) is 45.9 Å². The number of benzene rings is 1. The van der Waals surface area contributed by atoms with Crippen LogP contribution in [-0.4, -0.2) is 57.1 Å². The molecule has 2 rings (SSSR count). The predicted molar refractivity (Wildman–Crippen MR) is 84.8 cm³/mol. The van der Waals surface area contributed by atoms with Crippen LogP contribution in [0.4, 0.5) is 0 Å². The van der Waals surface area contributed by atoms with Crippen LogP contribution in [0.5, 0.6) is 5.75 Å². The van der Waals surface area contributed by atoms with Crippen molar-refractivity contribution in [1.29, 1.82) is 0 Å². The van der Waals surface area contributed by atoms with Gasteiger partial charge >= 0.3 is 0 Å². The molecule has 0 aliphatic carbocycles. The molecule has 0 aromatic heterocycles. The summed E-state index contributed by atoms with van der Waals surface area (Å²) in [6.45, 7) is 8.99. The zero-order valence-corrected chi connectivity index (χ0v) is 13.9. The Morgan fingerprint density at radius 2 is 1.86 bits per heavy atom. The quantitative estimate of drug-likeness (QED) is 0.658. The summed E-state index contributed by atoms with van der Waals surface area (Å²) >= 11 is 11.9. The van der Waals surface area contributed by atoms with Crippen LogP contribution in [0.25, 0.3) is 0 Å². The van der Waals surface area contributed by atoms with Crippen molar-refractivity contribution >= 4 is 23.2 Å². The second-order valence-electron chi connectivity index (χ2n) is 5.60. The maximum atomic E-state index is 10.1. The number of halogens is 2. The highest BCUT2D eigenvalue weighted by molar-refractivity contribution is 6.35. The van der Waals surface area contributed by atoms with Gasteiger partial charge in [-0.15, -0.1) is 0 Å². The van der Waals surface area contributed by atoms with Crippen LogP contribution < -0.4 is 14.5 Å². The lowest BCUT2D eigenvalue weighted by atomic mass is 10.2. The van der Waals surface area contributed by atoms with Crippen molar-refractivity contribution < 1.29 is 19.6 Å². The molecule has 118 valence electrons. The van der Waals surface area contributed by atoms with Crippen molar-refractivity contribution in [3.05, 3.63) is 28.2 Å². The molecule has 1 aliphatic heterocycles. The third-order valence-electron chi connectivity index (χ3n) is 4.01. The first-order chi connectivity index (χ1) is 10.1. The predicted octanol–water partition coefficient (Wildman–Crippen LogP) is -0.464. The molecular weight excluding hydrogens is 311 g/mol. The number of aliphatic hydroxyl groups is 1. The van der Waals surface area contributed by atoms with Crippen molar-refractivity contribution in [3.8, 4) is 5.75 Å². The van der Waals surface area contributed by atoms with Gasteiger partial charge in [0.1, 0.15) is 51.2 Å². The van der Waals surface area contributed by atoms with E-state index in [2.05, 4.69) is 6.92 Å². The zero-order chi connectivity index (χ0) is 15.2. The largest absolute Gasteiger partial charge is 0.489 e. The van der Waals surface area contributed by atoms with Crippen molar-refractivity contribution in [3.63, 3.8) is 0 Å². The van der Waals surface area contributed by atoms with E-state index in [4.69, 9.17) is 27.9 Å². The number of hydrogen-bond donors (Lipinski definition) is 3. The Hall–Kier alpha value is -0.520. The van der Waals surface area contributed by atoms with Gasteiger partial charge in [0.15, 0.2) is 0 Å². The minimum Gasteiger partial charge on any atom is -0.489 e. The molecule has 6 heteroatoms. The van der Waals surface area contributed by atoms with E-state index in [9.17, 15) is 5.11 Å². The van der Waals surface area contributed by atoms with E-state index in [1.165, 1.54) is 24.5 Å². The van der Waals surface area contributed by atoms with Crippen LogP contribution in [0.1, 0.15) is 6.92 Å². The first-order valence-electron chi connectivity index (χ1n) is 7.51. The fourth-order valence-corrected chi connectivity index (χ4v) is 3.15. The molecule has 1 aromatic carbocycles. The molecule has 1 aliphatic rings. The Labute approximate surface area is 136 Å². The van der Waals surface area contributed by atoms with Gasteiger partial charge in [-0.3, -0.25) is 0 Å². The molecule has 1 aromatic rings. The van der Waals surface area contributed by atoms with Gasteiger partial charge in [0.2, 0.25) is 0 Å². The highest BCUT2D eigenvalue weighted by Crippen LogP contribution is 2.27. The summed E-state index contributed by atoms with van der Waals surface area (Å²) in [5, 5.41) is 11.2. The van der Waals surface area contributed by atoms with Gasteiger partial charge in [0, 0.05) is 5.02 Å². The molecule has 1 fully saturated rings. The summed E-state index contributed by atoms with van der Waals surface area (Å²) in [5.74, 6) is 0.565. The van der Waals surface area contributed by atoms with Gasteiger partial charge in [0.05, 0.1) is 11.6 Å². The van der Waals surface area contributed by atoms with Gasteiger partial charge in [-0.2, -0.15) is 0 Å². The number of quaternary nitrogens is 2. The van der Waals surface area contributed by atoms with Gasteiger partial charge < -0.3 is 19.6 Å². The molecule has 3 N–H and O–H groups in total. The third kappa shape index (κ3) is 5.31. The van der Waals surface area contributed by atoms with Crippen LogP contribution in [0.2, 0.25) is 10.0 Å². The van der Waals surface area contributed by atoms with Gasteiger partial charge in [-0.25, -0.2) is 0 Å². The van der Waals surface area contributed by atoms with Gasteiger partial charge in [-0.05, 0) is 25.1 Å². The first-order valence-corrected chi connectivity index (χ1v) is 8.27. The molecule has 0 saturated carbocycles. The average Bonchev–Trinajstić information content (AvgIpc) is 2.47. The van der Waals surface area contributed by atoms with Crippen LogP contribution in [0.15, 0.2) is 18.2 Å². The number of likely N-dealkylation sites (N-methyl/N-ethyl adjacent to an activating group) is 1. The molecular formula is C15H24Cl2N2O2+2. The number of hydrogen-bond acceptors (Lipinski definition) is 2. The molecule has 0 unspecified atom stereocenters. The molecule has 0 spiro atoms. The van der Waals surface area contributed by atoms with Crippen LogP contribution in [0, 0.1) is 0 Å². The normalized spacial score (nSPS) is 23.8. The lowest BCUT2D eigenvalue weighted by Crippen LogP contribution is -3.28. The second kappa shape index (κ2) is 8.20. The number of aliphatic hydroxyl groups excluding tert-OH is 1. The summed E-state index contributed by atoms with van der Waals surface area (Å²) in [4.78, 5) is 3.10. The first kappa shape index (κ1) is 16.8. The Morgan fingerprint density at radius 1 is 1.19 bits per heavy atom.